The average Bonchev–Trinajstić information content (AvgIpc) is 3.27. The highest BCUT2D eigenvalue weighted by atomic mass is 32.2. The molecule has 2 aliphatic rings. The molecule has 9 heteroatoms. The summed E-state index contributed by atoms with van der Waals surface area (Å²) in [5, 5.41) is 11.2. The van der Waals surface area contributed by atoms with Crippen LogP contribution in [-0.4, -0.2) is 38.1 Å². The van der Waals surface area contributed by atoms with Crippen LogP contribution in [0.4, 0.5) is 0 Å². The molecule has 5 rings (SSSR count). The van der Waals surface area contributed by atoms with Crippen molar-refractivity contribution in [1.82, 2.24) is 15.4 Å². The maximum atomic E-state index is 13.1. The summed E-state index contributed by atoms with van der Waals surface area (Å²) >= 11 is 1.48. The van der Waals surface area contributed by atoms with Crippen molar-refractivity contribution in [3.8, 4) is 0 Å². The number of hydrogen-bond acceptors (Lipinski definition) is 8. The third-order valence-electron chi connectivity index (χ3n) is 6.39. The van der Waals surface area contributed by atoms with Gasteiger partial charge in [-0.3, -0.25) is 9.59 Å². The highest BCUT2D eigenvalue weighted by Gasteiger charge is 2.74. The minimum absolute atomic E-state index is 0.0661. The fourth-order valence-corrected chi connectivity index (χ4v) is 6.17. The number of aromatic amines is 1. The van der Waals surface area contributed by atoms with Gasteiger partial charge in [-0.1, -0.05) is 72.4 Å². The SMILES string of the molecule is NC1(C(=O)OCc2ccccc2)CC(Sc2cn[nH]n2)C2C(C(=O)OCc3ccccc3)C21. The van der Waals surface area contributed by atoms with E-state index in [4.69, 9.17) is 15.2 Å². The van der Waals surface area contributed by atoms with E-state index in [0.717, 1.165) is 11.1 Å². The van der Waals surface area contributed by atoms with Crippen LogP contribution >= 0.6 is 11.8 Å². The van der Waals surface area contributed by atoms with Crippen molar-refractivity contribution in [2.24, 2.45) is 23.5 Å². The number of carbonyl (C=O) groups excluding carboxylic acids is 2. The van der Waals surface area contributed by atoms with E-state index in [-0.39, 0.29) is 36.3 Å². The zero-order chi connectivity index (χ0) is 22.8. The Labute approximate surface area is 195 Å². The van der Waals surface area contributed by atoms with Gasteiger partial charge in [-0.25, -0.2) is 0 Å². The Morgan fingerprint density at radius 3 is 2.27 bits per heavy atom. The van der Waals surface area contributed by atoms with Gasteiger partial charge < -0.3 is 15.2 Å². The van der Waals surface area contributed by atoms with Gasteiger partial charge in [-0.2, -0.15) is 10.3 Å². The largest absolute Gasteiger partial charge is 0.461 e. The van der Waals surface area contributed by atoms with Crippen LogP contribution in [-0.2, 0) is 32.3 Å². The van der Waals surface area contributed by atoms with Gasteiger partial charge in [-0.15, -0.1) is 5.10 Å². The van der Waals surface area contributed by atoms with Crippen LogP contribution in [0.25, 0.3) is 0 Å². The Kier molecular flexibility index (Phi) is 5.90. The molecule has 5 atom stereocenters. The van der Waals surface area contributed by atoms with Crippen LogP contribution in [0.3, 0.4) is 0 Å². The normalized spacial score (nSPS) is 27.5. The number of esters is 2. The number of fused-ring (bicyclic) bond motifs is 1. The van der Waals surface area contributed by atoms with Crippen molar-refractivity contribution in [3.05, 3.63) is 78.0 Å². The number of nitrogens with two attached hydrogens (primary N) is 1. The van der Waals surface area contributed by atoms with E-state index in [2.05, 4.69) is 15.4 Å². The molecule has 170 valence electrons. The number of carbonyl (C=O) groups is 2. The van der Waals surface area contributed by atoms with Crippen LogP contribution in [0.5, 0.6) is 0 Å². The number of thioether (sulfide) groups is 1. The summed E-state index contributed by atoms with van der Waals surface area (Å²) in [6.07, 6.45) is 2.02. The van der Waals surface area contributed by atoms with E-state index in [1.54, 1.807) is 6.20 Å². The molecular formula is C24H24N4O4S. The van der Waals surface area contributed by atoms with Gasteiger partial charge in [0.15, 0.2) is 0 Å². The second kappa shape index (κ2) is 8.99. The van der Waals surface area contributed by atoms with E-state index in [1.165, 1.54) is 11.8 Å². The average molecular weight is 465 g/mol. The second-order valence-electron chi connectivity index (χ2n) is 8.49. The summed E-state index contributed by atoms with van der Waals surface area (Å²) < 4.78 is 11.2. The van der Waals surface area contributed by atoms with Gasteiger partial charge >= 0.3 is 11.9 Å². The van der Waals surface area contributed by atoms with Crippen molar-refractivity contribution in [3.63, 3.8) is 0 Å². The lowest BCUT2D eigenvalue weighted by molar-refractivity contribution is -0.153. The Hall–Kier alpha value is -3.17. The van der Waals surface area contributed by atoms with E-state index >= 15 is 0 Å². The first kappa shape index (κ1) is 21.7. The number of nitrogens with one attached hydrogen (secondary N) is 1. The van der Waals surface area contributed by atoms with Crippen LogP contribution in [0, 0.1) is 17.8 Å². The summed E-state index contributed by atoms with van der Waals surface area (Å²) in [6, 6.07) is 19.0. The van der Waals surface area contributed by atoms with Crippen molar-refractivity contribution < 1.29 is 19.1 Å². The van der Waals surface area contributed by atoms with Gasteiger partial charge in [0, 0.05) is 11.2 Å². The van der Waals surface area contributed by atoms with Crippen molar-refractivity contribution in [2.45, 2.75) is 35.4 Å². The minimum Gasteiger partial charge on any atom is -0.461 e. The highest BCUT2D eigenvalue weighted by molar-refractivity contribution is 7.99. The molecule has 0 radical (unpaired) electrons. The predicted octanol–water partition coefficient (Wildman–Crippen LogP) is 2.72. The first-order chi connectivity index (χ1) is 16.1. The molecule has 0 bridgehead atoms. The number of H-pyrrole nitrogens is 1. The van der Waals surface area contributed by atoms with Gasteiger partial charge in [0.1, 0.15) is 23.8 Å². The monoisotopic (exact) mass is 464 g/mol. The molecular weight excluding hydrogens is 440 g/mol. The van der Waals surface area contributed by atoms with E-state index < -0.39 is 17.4 Å². The van der Waals surface area contributed by atoms with E-state index in [1.807, 2.05) is 60.7 Å². The molecule has 2 aromatic carbocycles. The molecule has 2 fully saturated rings. The Bertz CT molecular complexity index is 1110. The molecule has 8 nitrogen and oxygen atoms in total. The molecule has 3 aromatic rings. The van der Waals surface area contributed by atoms with E-state index in [9.17, 15) is 9.59 Å². The molecule has 0 amide bonds. The highest BCUT2D eigenvalue weighted by Crippen LogP contribution is 2.65. The minimum atomic E-state index is -1.25. The molecule has 2 aliphatic carbocycles. The number of ether oxygens (including phenoxy) is 2. The molecule has 33 heavy (non-hydrogen) atoms. The maximum Gasteiger partial charge on any atom is 0.326 e. The van der Waals surface area contributed by atoms with Gasteiger partial charge in [0.2, 0.25) is 0 Å². The number of nitrogens with zero attached hydrogens (tertiary/aromatic N) is 2. The van der Waals surface area contributed by atoms with E-state index in [0.29, 0.717) is 11.4 Å². The Balaban J connectivity index is 1.30. The molecule has 1 heterocycles. The smallest absolute Gasteiger partial charge is 0.326 e. The van der Waals surface area contributed by atoms with Crippen molar-refractivity contribution in [2.75, 3.05) is 0 Å². The number of aromatic nitrogens is 3. The fourth-order valence-electron chi connectivity index (χ4n) is 4.79. The second-order valence-corrected chi connectivity index (χ2v) is 9.75. The molecule has 1 aromatic heterocycles. The molecule has 0 saturated heterocycles. The quantitative estimate of drug-likeness (QED) is 0.488. The number of benzene rings is 2. The third kappa shape index (κ3) is 4.38. The van der Waals surface area contributed by atoms with Crippen LogP contribution in [0.2, 0.25) is 0 Å². The summed E-state index contributed by atoms with van der Waals surface area (Å²) in [5.74, 6) is -1.66. The summed E-state index contributed by atoms with van der Waals surface area (Å²) in [4.78, 5) is 26.1. The maximum absolute atomic E-state index is 13.1. The topological polar surface area (TPSA) is 120 Å². The van der Waals surface area contributed by atoms with Gasteiger partial charge in [-0.05, 0) is 23.5 Å². The fraction of sp³-hybridized carbons (Fsp3) is 0.333. The summed E-state index contributed by atoms with van der Waals surface area (Å²) in [5.41, 5.74) is 7.20. The van der Waals surface area contributed by atoms with Crippen molar-refractivity contribution >= 4 is 23.7 Å². The first-order valence-corrected chi connectivity index (χ1v) is 11.7. The lowest BCUT2D eigenvalue weighted by Crippen LogP contribution is -2.51. The van der Waals surface area contributed by atoms with Gasteiger partial charge in [0.25, 0.3) is 0 Å². The van der Waals surface area contributed by atoms with Crippen LogP contribution in [0.15, 0.2) is 71.9 Å². The number of hydrogen-bond donors (Lipinski definition) is 2. The Morgan fingerprint density at radius 2 is 1.67 bits per heavy atom. The molecule has 3 N–H and O–H groups in total. The van der Waals surface area contributed by atoms with Crippen LogP contribution in [0.1, 0.15) is 17.5 Å². The number of rotatable bonds is 8. The lowest BCUT2D eigenvalue weighted by Gasteiger charge is -2.27. The standard InChI is InChI=1S/C24H24N4O4S/c25-24(23(30)32-14-16-9-5-2-6-10-16)11-17(33-18-12-26-28-27-18)19-20(21(19)24)22(29)31-13-15-7-3-1-4-8-15/h1-10,12,17,19-21H,11,13-14,25H2,(H,26,27,28). The van der Waals surface area contributed by atoms with Gasteiger partial charge in [0.05, 0.1) is 12.1 Å². The molecule has 2 saturated carbocycles. The van der Waals surface area contributed by atoms with Crippen molar-refractivity contribution in [1.29, 1.82) is 0 Å². The molecule has 0 aliphatic heterocycles. The zero-order valence-electron chi connectivity index (χ0n) is 17.8. The lowest BCUT2D eigenvalue weighted by atomic mass is 9.91. The first-order valence-electron chi connectivity index (χ1n) is 10.8. The third-order valence-corrected chi connectivity index (χ3v) is 7.61. The molecule has 0 spiro atoms. The zero-order valence-corrected chi connectivity index (χ0v) is 18.6. The summed E-state index contributed by atoms with van der Waals surface area (Å²) in [7, 11) is 0. The molecule has 5 unspecified atom stereocenters. The predicted molar refractivity (Wildman–Crippen MR) is 121 cm³/mol. The van der Waals surface area contributed by atoms with Crippen LogP contribution < -0.4 is 5.73 Å². The summed E-state index contributed by atoms with van der Waals surface area (Å²) in [6.45, 7) is 0.326. The Morgan fingerprint density at radius 1 is 1.03 bits per heavy atom.